The topological polar surface area (TPSA) is 24.9 Å². The maximum atomic E-state index is 6.16. The van der Waals surface area contributed by atoms with E-state index >= 15 is 0 Å². The number of rotatable bonds is 2. The summed E-state index contributed by atoms with van der Waals surface area (Å²) < 4.78 is 0.914. The molecule has 2 nitrogen and oxygen atoms in total. The molecule has 1 heterocycles. The minimum Gasteiger partial charge on any atom is -0.364 e. The zero-order valence-electron chi connectivity index (χ0n) is 9.39. The molecule has 1 aromatic rings. The molecular weight excluding hydrogens is 288 g/mol. The van der Waals surface area contributed by atoms with Crippen molar-refractivity contribution in [1.29, 1.82) is 0 Å². The van der Waals surface area contributed by atoms with E-state index in [4.69, 9.17) is 11.6 Å². The zero-order chi connectivity index (χ0) is 11.6. The summed E-state index contributed by atoms with van der Waals surface area (Å²) in [5.41, 5.74) is 0.155. The molecule has 0 radical (unpaired) electrons. The Kier molecular flexibility index (Phi) is 3.75. The van der Waals surface area contributed by atoms with Crippen molar-refractivity contribution in [3.8, 4) is 0 Å². The third-order valence-electron chi connectivity index (χ3n) is 3.19. The molecule has 2 rings (SSSR count). The lowest BCUT2D eigenvalue weighted by atomic mass is 9.83. The molecule has 1 fully saturated rings. The summed E-state index contributed by atoms with van der Waals surface area (Å²) in [5, 5.41) is 4.17. The maximum absolute atomic E-state index is 6.16. The largest absolute Gasteiger partial charge is 0.364 e. The second-order valence-corrected chi connectivity index (χ2v) is 6.05. The molecule has 0 unspecified atom stereocenters. The Morgan fingerprint density at radius 1 is 1.38 bits per heavy atom. The van der Waals surface area contributed by atoms with Gasteiger partial charge in [0.15, 0.2) is 0 Å². The first kappa shape index (κ1) is 12.2. The fraction of sp³-hybridized carbons (Fsp3) is 0.583. The number of pyridine rings is 1. The van der Waals surface area contributed by atoms with Gasteiger partial charge >= 0.3 is 0 Å². The van der Waals surface area contributed by atoms with Crippen LogP contribution in [0, 0.1) is 0 Å². The highest BCUT2D eigenvalue weighted by Gasteiger charge is 2.27. The molecule has 0 aliphatic heterocycles. The van der Waals surface area contributed by atoms with Gasteiger partial charge in [-0.15, -0.1) is 0 Å². The van der Waals surface area contributed by atoms with E-state index in [1.807, 2.05) is 6.07 Å². The van der Waals surface area contributed by atoms with E-state index in [9.17, 15) is 0 Å². The third-order valence-corrected chi connectivity index (χ3v) is 3.91. The highest BCUT2D eigenvalue weighted by molar-refractivity contribution is 9.10. The Hall–Kier alpha value is -0.280. The number of anilines is 1. The number of aromatic nitrogens is 1. The van der Waals surface area contributed by atoms with Crippen LogP contribution in [0.4, 0.5) is 5.82 Å². The van der Waals surface area contributed by atoms with Crippen LogP contribution in [0.2, 0.25) is 5.02 Å². The molecule has 0 saturated heterocycles. The molecule has 1 aromatic heterocycles. The van der Waals surface area contributed by atoms with Crippen LogP contribution in [0.15, 0.2) is 16.7 Å². The van der Waals surface area contributed by atoms with Gasteiger partial charge in [0, 0.05) is 16.2 Å². The van der Waals surface area contributed by atoms with Crippen molar-refractivity contribution in [2.75, 3.05) is 5.32 Å². The van der Waals surface area contributed by atoms with E-state index in [1.165, 1.54) is 32.1 Å². The Balaban J connectivity index is 2.13. The first-order valence-electron chi connectivity index (χ1n) is 5.68. The van der Waals surface area contributed by atoms with Gasteiger partial charge in [-0.25, -0.2) is 4.98 Å². The smallest absolute Gasteiger partial charge is 0.145 e. The lowest BCUT2D eigenvalue weighted by molar-refractivity contribution is 0.348. The molecule has 88 valence electrons. The lowest BCUT2D eigenvalue weighted by Crippen LogP contribution is -2.37. The summed E-state index contributed by atoms with van der Waals surface area (Å²) in [5.74, 6) is 0.800. The maximum Gasteiger partial charge on any atom is 0.145 e. The van der Waals surface area contributed by atoms with Crippen LogP contribution in [-0.4, -0.2) is 10.5 Å². The number of nitrogens with zero attached hydrogens (tertiary/aromatic N) is 1. The van der Waals surface area contributed by atoms with Gasteiger partial charge in [-0.3, -0.25) is 0 Å². The minimum absolute atomic E-state index is 0.155. The summed E-state index contributed by atoms with van der Waals surface area (Å²) in [6.07, 6.45) is 8.09. The van der Waals surface area contributed by atoms with E-state index in [2.05, 4.69) is 33.2 Å². The molecule has 0 bridgehead atoms. The fourth-order valence-electron chi connectivity index (χ4n) is 2.25. The van der Waals surface area contributed by atoms with Crippen LogP contribution in [0.1, 0.15) is 39.0 Å². The second kappa shape index (κ2) is 4.92. The van der Waals surface area contributed by atoms with Gasteiger partial charge in [0.2, 0.25) is 0 Å². The predicted octanol–water partition coefficient (Wildman–Crippen LogP) is 4.63. The van der Waals surface area contributed by atoms with Crippen molar-refractivity contribution in [2.24, 2.45) is 0 Å². The van der Waals surface area contributed by atoms with Crippen LogP contribution < -0.4 is 5.32 Å². The number of nitrogens with one attached hydrogen (secondary N) is 1. The Labute approximate surface area is 110 Å². The van der Waals surface area contributed by atoms with Crippen molar-refractivity contribution in [1.82, 2.24) is 4.98 Å². The minimum atomic E-state index is 0.155. The molecular formula is C12H16BrClN2. The van der Waals surface area contributed by atoms with Crippen molar-refractivity contribution < 1.29 is 0 Å². The molecule has 0 aromatic carbocycles. The van der Waals surface area contributed by atoms with Crippen LogP contribution in [0.25, 0.3) is 0 Å². The highest BCUT2D eigenvalue weighted by Crippen LogP contribution is 2.33. The van der Waals surface area contributed by atoms with E-state index in [1.54, 1.807) is 6.20 Å². The van der Waals surface area contributed by atoms with Gasteiger partial charge in [0.05, 0.1) is 5.02 Å². The summed E-state index contributed by atoms with van der Waals surface area (Å²) in [7, 11) is 0. The molecule has 1 N–H and O–H groups in total. The normalized spacial score (nSPS) is 19.4. The fourth-order valence-corrected chi connectivity index (χ4v) is 2.93. The molecule has 4 heteroatoms. The SMILES string of the molecule is CC1(Nc2ncc(Br)cc2Cl)CCCCC1. The van der Waals surface area contributed by atoms with Gasteiger partial charge in [-0.05, 0) is 41.8 Å². The second-order valence-electron chi connectivity index (χ2n) is 4.73. The number of hydrogen-bond donors (Lipinski definition) is 1. The van der Waals surface area contributed by atoms with Crippen LogP contribution in [-0.2, 0) is 0 Å². The summed E-state index contributed by atoms with van der Waals surface area (Å²) >= 11 is 9.52. The van der Waals surface area contributed by atoms with E-state index in [0.717, 1.165) is 10.3 Å². The van der Waals surface area contributed by atoms with Crippen molar-refractivity contribution >= 4 is 33.3 Å². The lowest BCUT2D eigenvalue weighted by Gasteiger charge is -2.35. The van der Waals surface area contributed by atoms with E-state index in [-0.39, 0.29) is 5.54 Å². The zero-order valence-corrected chi connectivity index (χ0v) is 11.7. The van der Waals surface area contributed by atoms with Crippen LogP contribution in [0.3, 0.4) is 0 Å². The van der Waals surface area contributed by atoms with Gasteiger partial charge < -0.3 is 5.32 Å². The van der Waals surface area contributed by atoms with Crippen molar-refractivity contribution in [2.45, 2.75) is 44.6 Å². The summed E-state index contributed by atoms with van der Waals surface area (Å²) in [4.78, 5) is 4.33. The highest BCUT2D eigenvalue weighted by atomic mass is 79.9. The third kappa shape index (κ3) is 2.89. The average Bonchev–Trinajstić information content (AvgIpc) is 2.23. The Morgan fingerprint density at radius 2 is 2.06 bits per heavy atom. The van der Waals surface area contributed by atoms with Gasteiger partial charge in [-0.2, -0.15) is 0 Å². The first-order valence-corrected chi connectivity index (χ1v) is 6.85. The quantitative estimate of drug-likeness (QED) is 0.861. The van der Waals surface area contributed by atoms with Crippen LogP contribution >= 0.6 is 27.5 Å². The van der Waals surface area contributed by atoms with Gasteiger partial charge in [-0.1, -0.05) is 30.9 Å². The summed E-state index contributed by atoms with van der Waals surface area (Å²) in [6, 6.07) is 1.88. The first-order chi connectivity index (χ1) is 7.59. The Morgan fingerprint density at radius 3 is 2.69 bits per heavy atom. The molecule has 0 spiro atoms. The van der Waals surface area contributed by atoms with Gasteiger partial charge in [0.1, 0.15) is 5.82 Å². The monoisotopic (exact) mass is 302 g/mol. The Bertz CT molecular complexity index is 375. The molecule has 1 aliphatic rings. The van der Waals surface area contributed by atoms with Crippen LogP contribution in [0.5, 0.6) is 0 Å². The molecule has 1 aliphatic carbocycles. The van der Waals surface area contributed by atoms with Gasteiger partial charge in [0.25, 0.3) is 0 Å². The molecule has 0 atom stereocenters. The molecule has 0 amide bonds. The van der Waals surface area contributed by atoms with Crippen molar-refractivity contribution in [3.63, 3.8) is 0 Å². The van der Waals surface area contributed by atoms with Crippen molar-refractivity contribution in [3.05, 3.63) is 21.8 Å². The molecule has 1 saturated carbocycles. The van der Waals surface area contributed by atoms with E-state index in [0.29, 0.717) is 5.02 Å². The molecule has 16 heavy (non-hydrogen) atoms. The standard InChI is InChI=1S/C12H16BrClN2/c1-12(5-3-2-4-6-12)16-11-10(14)7-9(13)8-15-11/h7-8H,2-6H2,1H3,(H,15,16). The number of halogens is 2. The van der Waals surface area contributed by atoms with E-state index < -0.39 is 0 Å². The average molecular weight is 304 g/mol. The number of hydrogen-bond acceptors (Lipinski definition) is 2. The predicted molar refractivity (Wildman–Crippen MR) is 72.1 cm³/mol. The summed E-state index contributed by atoms with van der Waals surface area (Å²) in [6.45, 7) is 2.26.